The van der Waals surface area contributed by atoms with E-state index in [0.29, 0.717) is 12.1 Å². The van der Waals surface area contributed by atoms with Crippen molar-refractivity contribution in [2.45, 2.75) is 19.4 Å². The van der Waals surface area contributed by atoms with E-state index in [2.05, 4.69) is 10.1 Å². The molecule has 0 aromatic heterocycles. The molecule has 2 aromatic rings. The summed E-state index contributed by atoms with van der Waals surface area (Å²) in [4.78, 5) is 11.6. The normalized spacial score (nSPS) is 11.4. The lowest BCUT2D eigenvalue weighted by molar-refractivity contribution is -0.274. The number of ether oxygens (including phenoxy) is 2. The second-order valence-corrected chi connectivity index (χ2v) is 5.52. The molecule has 0 bridgehead atoms. The SMILES string of the molecule is Nc1ccc(OC(F)(F)F)c(C=CCCNC(=O)OCc2ccccc2)c1. The zero-order chi connectivity index (χ0) is 19.7. The van der Waals surface area contributed by atoms with Crippen molar-refractivity contribution in [3.05, 3.63) is 65.7 Å². The molecule has 0 saturated heterocycles. The number of halogens is 3. The van der Waals surface area contributed by atoms with Crippen LogP contribution in [0.1, 0.15) is 17.5 Å². The lowest BCUT2D eigenvalue weighted by atomic mass is 10.1. The first-order valence-corrected chi connectivity index (χ1v) is 8.10. The van der Waals surface area contributed by atoms with Gasteiger partial charge in [-0.1, -0.05) is 42.5 Å². The molecule has 0 unspecified atom stereocenters. The molecule has 0 saturated carbocycles. The average molecular weight is 380 g/mol. The van der Waals surface area contributed by atoms with Crippen LogP contribution < -0.4 is 15.8 Å². The zero-order valence-electron chi connectivity index (χ0n) is 14.3. The van der Waals surface area contributed by atoms with Gasteiger partial charge in [0.2, 0.25) is 0 Å². The summed E-state index contributed by atoms with van der Waals surface area (Å²) in [6.07, 6.45) is -1.91. The number of benzene rings is 2. The Bertz CT molecular complexity index is 778. The maximum absolute atomic E-state index is 12.4. The number of alkyl carbamates (subject to hydrolysis) is 1. The predicted octanol–water partition coefficient (Wildman–Crippen LogP) is 4.50. The van der Waals surface area contributed by atoms with Crippen molar-refractivity contribution < 1.29 is 27.4 Å². The average Bonchev–Trinajstić information content (AvgIpc) is 2.61. The minimum atomic E-state index is -4.79. The van der Waals surface area contributed by atoms with Crippen LogP contribution in [0, 0.1) is 0 Å². The van der Waals surface area contributed by atoms with Gasteiger partial charge in [0, 0.05) is 17.8 Å². The van der Waals surface area contributed by atoms with Crippen LogP contribution in [-0.4, -0.2) is 19.0 Å². The Kier molecular flexibility index (Phi) is 7.10. The van der Waals surface area contributed by atoms with E-state index in [-0.39, 0.29) is 24.5 Å². The maximum atomic E-state index is 12.4. The molecule has 27 heavy (non-hydrogen) atoms. The second kappa shape index (κ2) is 9.51. The van der Waals surface area contributed by atoms with E-state index in [1.807, 2.05) is 30.3 Å². The first-order chi connectivity index (χ1) is 12.8. The molecule has 0 heterocycles. The molecule has 0 spiro atoms. The number of carbonyl (C=O) groups excluding carboxylic acids is 1. The topological polar surface area (TPSA) is 73.6 Å². The molecule has 2 rings (SSSR count). The lowest BCUT2D eigenvalue weighted by Gasteiger charge is -2.12. The fraction of sp³-hybridized carbons (Fsp3) is 0.211. The highest BCUT2D eigenvalue weighted by Gasteiger charge is 2.31. The minimum absolute atomic E-state index is 0.157. The monoisotopic (exact) mass is 380 g/mol. The fourth-order valence-corrected chi connectivity index (χ4v) is 2.16. The molecule has 1 amide bonds. The van der Waals surface area contributed by atoms with E-state index in [1.165, 1.54) is 18.2 Å². The van der Waals surface area contributed by atoms with Crippen LogP contribution in [0.2, 0.25) is 0 Å². The number of nitrogens with two attached hydrogens (primary N) is 1. The van der Waals surface area contributed by atoms with Gasteiger partial charge < -0.3 is 20.5 Å². The summed E-state index contributed by atoms with van der Waals surface area (Å²) < 4.78 is 46.2. The third-order valence-electron chi connectivity index (χ3n) is 3.35. The zero-order valence-corrected chi connectivity index (χ0v) is 14.3. The van der Waals surface area contributed by atoms with Gasteiger partial charge in [-0.05, 0) is 30.2 Å². The number of carbonyl (C=O) groups is 1. The van der Waals surface area contributed by atoms with Gasteiger partial charge in [-0.2, -0.15) is 0 Å². The Morgan fingerprint density at radius 1 is 1.15 bits per heavy atom. The van der Waals surface area contributed by atoms with Crippen LogP contribution in [-0.2, 0) is 11.3 Å². The summed E-state index contributed by atoms with van der Waals surface area (Å²) in [7, 11) is 0. The molecule has 8 heteroatoms. The van der Waals surface area contributed by atoms with E-state index < -0.39 is 12.5 Å². The molecule has 5 nitrogen and oxygen atoms in total. The lowest BCUT2D eigenvalue weighted by Crippen LogP contribution is -2.24. The van der Waals surface area contributed by atoms with E-state index >= 15 is 0 Å². The Labute approximate surface area is 154 Å². The van der Waals surface area contributed by atoms with Crippen LogP contribution in [0.3, 0.4) is 0 Å². The molecule has 0 aliphatic rings. The van der Waals surface area contributed by atoms with Crippen molar-refractivity contribution in [2.75, 3.05) is 12.3 Å². The standard InChI is InChI=1S/C19H19F3N2O3/c20-19(21,22)27-17-10-9-16(23)12-15(17)8-4-5-11-24-18(25)26-13-14-6-2-1-3-7-14/h1-4,6-10,12H,5,11,13,23H2,(H,24,25). The number of amides is 1. The largest absolute Gasteiger partial charge is 0.573 e. The third kappa shape index (κ3) is 7.72. The van der Waals surface area contributed by atoms with Crippen molar-refractivity contribution in [3.63, 3.8) is 0 Å². The highest BCUT2D eigenvalue weighted by molar-refractivity contribution is 5.67. The molecule has 0 aliphatic carbocycles. The number of nitrogens with one attached hydrogen (secondary N) is 1. The van der Waals surface area contributed by atoms with E-state index in [9.17, 15) is 18.0 Å². The summed E-state index contributed by atoms with van der Waals surface area (Å²) in [6.45, 7) is 0.422. The Balaban J connectivity index is 1.78. The molecule has 0 fully saturated rings. The van der Waals surface area contributed by atoms with Gasteiger partial charge in [-0.25, -0.2) is 4.79 Å². The van der Waals surface area contributed by atoms with Crippen molar-refractivity contribution in [1.82, 2.24) is 5.32 Å². The van der Waals surface area contributed by atoms with E-state index in [4.69, 9.17) is 10.5 Å². The summed E-state index contributed by atoms with van der Waals surface area (Å²) in [6, 6.07) is 13.1. The first-order valence-electron chi connectivity index (χ1n) is 8.10. The van der Waals surface area contributed by atoms with Gasteiger partial charge in [0.15, 0.2) is 0 Å². The van der Waals surface area contributed by atoms with Crippen molar-refractivity contribution in [1.29, 1.82) is 0 Å². The van der Waals surface area contributed by atoms with Gasteiger partial charge in [0.05, 0.1) is 0 Å². The Hall–Kier alpha value is -3.16. The summed E-state index contributed by atoms with van der Waals surface area (Å²) in [5.41, 5.74) is 6.97. The van der Waals surface area contributed by atoms with E-state index in [0.717, 1.165) is 11.6 Å². The van der Waals surface area contributed by atoms with Crippen molar-refractivity contribution in [2.24, 2.45) is 0 Å². The number of alkyl halides is 3. The number of anilines is 1. The quantitative estimate of drug-likeness (QED) is 0.548. The molecule has 2 aromatic carbocycles. The molecule has 144 valence electrons. The molecule has 3 N–H and O–H groups in total. The van der Waals surface area contributed by atoms with Crippen LogP contribution in [0.5, 0.6) is 5.75 Å². The summed E-state index contributed by atoms with van der Waals surface area (Å²) in [5.74, 6) is -0.344. The van der Waals surface area contributed by atoms with Gasteiger partial charge in [0.1, 0.15) is 12.4 Å². The second-order valence-electron chi connectivity index (χ2n) is 5.52. The van der Waals surface area contributed by atoms with Crippen LogP contribution in [0.4, 0.5) is 23.7 Å². The van der Waals surface area contributed by atoms with Gasteiger partial charge >= 0.3 is 12.5 Å². The highest BCUT2D eigenvalue weighted by atomic mass is 19.4. The molecular weight excluding hydrogens is 361 g/mol. The van der Waals surface area contributed by atoms with Crippen LogP contribution in [0.15, 0.2) is 54.6 Å². The van der Waals surface area contributed by atoms with Gasteiger partial charge in [-0.15, -0.1) is 13.2 Å². The number of hydrogen-bond acceptors (Lipinski definition) is 4. The smallest absolute Gasteiger partial charge is 0.445 e. The number of nitrogen functional groups attached to an aromatic ring is 1. The predicted molar refractivity (Wildman–Crippen MR) is 95.8 cm³/mol. The number of rotatable bonds is 7. The fourth-order valence-electron chi connectivity index (χ4n) is 2.16. The van der Waals surface area contributed by atoms with Gasteiger partial charge in [-0.3, -0.25) is 0 Å². The number of hydrogen-bond donors (Lipinski definition) is 2. The van der Waals surface area contributed by atoms with Gasteiger partial charge in [0.25, 0.3) is 0 Å². The molecule has 0 radical (unpaired) electrons. The highest BCUT2D eigenvalue weighted by Crippen LogP contribution is 2.28. The Morgan fingerprint density at radius 2 is 1.89 bits per heavy atom. The minimum Gasteiger partial charge on any atom is -0.445 e. The summed E-state index contributed by atoms with van der Waals surface area (Å²) in [5, 5.41) is 2.56. The van der Waals surface area contributed by atoms with Crippen LogP contribution in [0.25, 0.3) is 6.08 Å². The molecule has 0 atom stereocenters. The van der Waals surface area contributed by atoms with E-state index in [1.54, 1.807) is 6.08 Å². The maximum Gasteiger partial charge on any atom is 0.573 e. The third-order valence-corrected chi connectivity index (χ3v) is 3.35. The molecule has 0 aliphatic heterocycles. The van der Waals surface area contributed by atoms with Crippen molar-refractivity contribution >= 4 is 17.9 Å². The van der Waals surface area contributed by atoms with Crippen LogP contribution >= 0.6 is 0 Å². The van der Waals surface area contributed by atoms with Crippen molar-refractivity contribution in [3.8, 4) is 5.75 Å². The first kappa shape index (κ1) is 20.2. The molecular formula is C19H19F3N2O3. The summed E-state index contributed by atoms with van der Waals surface area (Å²) >= 11 is 0. The Morgan fingerprint density at radius 3 is 2.59 bits per heavy atom.